The standard InChI is InChI=1S/C15H13BrClNOS/c16-13-7-6-11(10-14(13)17)18-15(19)8-9-20-12-4-2-1-3-5-12/h1-7,10H,8-9H2,(H,18,19). The molecule has 0 aliphatic carbocycles. The van der Waals surface area contributed by atoms with Gasteiger partial charge in [-0.25, -0.2) is 0 Å². The van der Waals surface area contributed by atoms with Gasteiger partial charge < -0.3 is 5.32 Å². The van der Waals surface area contributed by atoms with E-state index in [-0.39, 0.29) is 5.91 Å². The Morgan fingerprint density at radius 2 is 1.95 bits per heavy atom. The first-order valence-electron chi connectivity index (χ1n) is 6.08. The van der Waals surface area contributed by atoms with Crippen molar-refractivity contribution >= 4 is 50.9 Å². The fourth-order valence-electron chi connectivity index (χ4n) is 1.58. The number of carbonyl (C=O) groups excluding carboxylic acids is 1. The van der Waals surface area contributed by atoms with Crippen molar-refractivity contribution in [3.8, 4) is 0 Å². The molecule has 0 spiro atoms. The Kier molecular flexibility index (Phi) is 5.95. The lowest BCUT2D eigenvalue weighted by molar-refractivity contribution is -0.115. The molecule has 0 heterocycles. The lowest BCUT2D eigenvalue weighted by atomic mass is 10.3. The van der Waals surface area contributed by atoms with Crippen LogP contribution in [0.1, 0.15) is 6.42 Å². The third kappa shape index (κ3) is 4.85. The van der Waals surface area contributed by atoms with Gasteiger partial charge in [0.15, 0.2) is 0 Å². The van der Waals surface area contributed by atoms with E-state index >= 15 is 0 Å². The van der Waals surface area contributed by atoms with Crippen LogP contribution in [0.5, 0.6) is 0 Å². The van der Waals surface area contributed by atoms with Crippen LogP contribution in [0.2, 0.25) is 5.02 Å². The first-order chi connectivity index (χ1) is 9.65. The predicted octanol–water partition coefficient (Wildman–Crippen LogP) is 5.22. The number of hydrogen-bond donors (Lipinski definition) is 1. The molecule has 0 fully saturated rings. The highest BCUT2D eigenvalue weighted by Crippen LogP contribution is 2.25. The third-order valence-corrected chi connectivity index (χ3v) is 4.79. The van der Waals surface area contributed by atoms with Gasteiger partial charge >= 0.3 is 0 Å². The molecule has 0 saturated heterocycles. The normalized spacial score (nSPS) is 10.3. The smallest absolute Gasteiger partial charge is 0.225 e. The van der Waals surface area contributed by atoms with Gasteiger partial charge in [0.25, 0.3) is 0 Å². The van der Waals surface area contributed by atoms with Gasteiger partial charge in [0.1, 0.15) is 0 Å². The molecule has 0 bridgehead atoms. The summed E-state index contributed by atoms with van der Waals surface area (Å²) in [6, 6.07) is 15.4. The Bertz CT molecular complexity index is 592. The number of halogens is 2. The Labute approximate surface area is 136 Å². The van der Waals surface area contributed by atoms with E-state index in [9.17, 15) is 4.79 Å². The number of nitrogens with one attached hydrogen (secondary N) is 1. The highest BCUT2D eigenvalue weighted by molar-refractivity contribution is 9.10. The average molecular weight is 371 g/mol. The van der Waals surface area contributed by atoms with Gasteiger partial charge in [-0.05, 0) is 46.3 Å². The Morgan fingerprint density at radius 1 is 1.20 bits per heavy atom. The van der Waals surface area contributed by atoms with E-state index < -0.39 is 0 Å². The highest BCUT2D eigenvalue weighted by Gasteiger charge is 2.05. The van der Waals surface area contributed by atoms with Crippen LogP contribution in [0.15, 0.2) is 57.9 Å². The fourth-order valence-corrected chi connectivity index (χ4v) is 2.88. The van der Waals surface area contributed by atoms with Gasteiger partial charge in [-0.15, -0.1) is 11.8 Å². The minimum absolute atomic E-state index is 0.00757. The maximum absolute atomic E-state index is 11.8. The Hall–Kier alpha value is -0.970. The Morgan fingerprint density at radius 3 is 2.65 bits per heavy atom. The van der Waals surface area contributed by atoms with Gasteiger partial charge in [0.05, 0.1) is 5.02 Å². The van der Waals surface area contributed by atoms with Crippen LogP contribution >= 0.6 is 39.3 Å². The molecule has 0 radical (unpaired) electrons. The minimum atomic E-state index is -0.00757. The zero-order chi connectivity index (χ0) is 14.4. The van der Waals surface area contributed by atoms with E-state index in [1.165, 1.54) is 4.90 Å². The van der Waals surface area contributed by atoms with Crippen molar-refractivity contribution in [2.75, 3.05) is 11.1 Å². The number of hydrogen-bond acceptors (Lipinski definition) is 2. The van der Waals surface area contributed by atoms with E-state index in [1.807, 2.05) is 42.5 Å². The van der Waals surface area contributed by atoms with Gasteiger partial charge in [0.2, 0.25) is 5.91 Å². The third-order valence-electron chi connectivity index (χ3n) is 2.54. The summed E-state index contributed by atoms with van der Waals surface area (Å²) >= 11 is 11.0. The number of rotatable bonds is 5. The number of carbonyl (C=O) groups is 1. The van der Waals surface area contributed by atoms with E-state index in [1.54, 1.807) is 17.8 Å². The molecule has 0 atom stereocenters. The summed E-state index contributed by atoms with van der Waals surface area (Å²) in [5.74, 6) is 0.743. The van der Waals surface area contributed by atoms with Gasteiger partial charge in [0, 0.05) is 27.2 Å². The van der Waals surface area contributed by atoms with E-state index in [2.05, 4.69) is 21.2 Å². The molecule has 2 rings (SSSR count). The van der Waals surface area contributed by atoms with Crippen LogP contribution in [-0.2, 0) is 4.79 Å². The summed E-state index contributed by atoms with van der Waals surface area (Å²) in [4.78, 5) is 13.0. The molecule has 0 saturated carbocycles. The number of thioether (sulfide) groups is 1. The van der Waals surface area contributed by atoms with Crippen molar-refractivity contribution in [2.45, 2.75) is 11.3 Å². The van der Waals surface area contributed by atoms with E-state index in [0.717, 1.165) is 10.2 Å². The van der Waals surface area contributed by atoms with Crippen LogP contribution < -0.4 is 5.32 Å². The average Bonchev–Trinajstić information content (AvgIpc) is 2.44. The molecule has 0 aliphatic rings. The van der Waals surface area contributed by atoms with Crippen molar-refractivity contribution in [1.82, 2.24) is 0 Å². The van der Waals surface area contributed by atoms with Crippen LogP contribution in [0.4, 0.5) is 5.69 Å². The molecule has 2 aromatic carbocycles. The zero-order valence-electron chi connectivity index (χ0n) is 10.6. The van der Waals surface area contributed by atoms with Gasteiger partial charge in [-0.3, -0.25) is 4.79 Å². The topological polar surface area (TPSA) is 29.1 Å². The van der Waals surface area contributed by atoms with Gasteiger partial charge in [-0.2, -0.15) is 0 Å². The second kappa shape index (κ2) is 7.72. The van der Waals surface area contributed by atoms with E-state index in [4.69, 9.17) is 11.6 Å². The predicted molar refractivity (Wildman–Crippen MR) is 89.6 cm³/mol. The van der Waals surface area contributed by atoms with Crippen molar-refractivity contribution in [3.05, 3.63) is 58.0 Å². The number of anilines is 1. The molecule has 1 amide bonds. The molecule has 20 heavy (non-hydrogen) atoms. The lowest BCUT2D eigenvalue weighted by Gasteiger charge is -2.06. The monoisotopic (exact) mass is 369 g/mol. The maximum atomic E-state index is 11.8. The van der Waals surface area contributed by atoms with E-state index in [0.29, 0.717) is 17.1 Å². The molecular weight excluding hydrogens is 358 g/mol. The molecule has 2 nitrogen and oxygen atoms in total. The van der Waals surface area contributed by atoms with Crippen LogP contribution in [0.25, 0.3) is 0 Å². The second-order valence-corrected chi connectivity index (χ2v) is 6.52. The minimum Gasteiger partial charge on any atom is -0.326 e. The lowest BCUT2D eigenvalue weighted by Crippen LogP contribution is -2.12. The maximum Gasteiger partial charge on any atom is 0.225 e. The molecule has 0 aromatic heterocycles. The molecular formula is C15H13BrClNOS. The SMILES string of the molecule is O=C(CCSc1ccccc1)Nc1ccc(Br)c(Cl)c1. The van der Waals surface area contributed by atoms with Crippen molar-refractivity contribution in [3.63, 3.8) is 0 Å². The van der Waals surface area contributed by atoms with Crippen LogP contribution in [-0.4, -0.2) is 11.7 Å². The van der Waals surface area contributed by atoms with Crippen molar-refractivity contribution in [1.29, 1.82) is 0 Å². The summed E-state index contributed by atoms with van der Waals surface area (Å²) in [6.07, 6.45) is 0.466. The highest BCUT2D eigenvalue weighted by atomic mass is 79.9. The summed E-state index contributed by atoms with van der Waals surface area (Å²) in [5, 5.41) is 3.42. The molecule has 0 aliphatic heterocycles. The van der Waals surface area contributed by atoms with Crippen molar-refractivity contribution < 1.29 is 4.79 Å². The Balaban J connectivity index is 1.79. The second-order valence-electron chi connectivity index (χ2n) is 4.09. The summed E-state index contributed by atoms with van der Waals surface area (Å²) < 4.78 is 0.816. The first-order valence-corrected chi connectivity index (χ1v) is 8.23. The van der Waals surface area contributed by atoms with Crippen LogP contribution in [0, 0.1) is 0 Å². The summed E-state index contributed by atoms with van der Waals surface area (Å²) in [7, 11) is 0. The molecule has 2 aromatic rings. The largest absolute Gasteiger partial charge is 0.326 e. The quantitative estimate of drug-likeness (QED) is 0.731. The van der Waals surface area contributed by atoms with Crippen molar-refractivity contribution in [2.24, 2.45) is 0 Å². The summed E-state index contributed by atoms with van der Waals surface area (Å²) in [5.41, 5.74) is 0.716. The molecule has 1 N–H and O–H groups in total. The fraction of sp³-hybridized carbons (Fsp3) is 0.133. The zero-order valence-corrected chi connectivity index (χ0v) is 13.8. The molecule has 0 unspecified atom stereocenters. The van der Waals surface area contributed by atoms with Crippen LogP contribution in [0.3, 0.4) is 0 Å². The van der Waals surface area contributed by atoms with Gasteiger partial charge in [-0.1, -0.05) is 29.8 Å². The first kappa shape index (κ1) is 15.4. The summed E-state index contributed by atoms with van der Waals surface area (Å²) in [6.45, 7) is 0. The molecule has 104 valence electrons. The number of benzene rings is 2. The molecule has 5 heteroatoms. The number of amides is 1.